The van der Waals surface area contributed by atoms with Gasteiger partial charge in [-0.3, -0.25) is 0 Å². The Morgan fingerprint density at radius 3 is 2.62 bits per heavy atom. The first-order chi connectivity index (χ1) is 7.57. The molecule has 0 spiro atoms. The lowest BCUT2D eigenvalue weighted by atomic mass is 9.91. The molecule has 3 unspecified atom stereocenters. The summed E-state index contributed by atoms with van der Waals surface area (Å²) < 4.78 is 11.0. The Bertz CT molecular complexity index is 224. The van der Waals surface area contributed by atoms with E-state index in [1.807, 2.05) is 0 Å². The van der Waals surface area contributed by atoms with E-state index in [4.69, 9.17) is 9.47 Å². The van der Waals surface area contributed by atoms with Gasteiger partial charge in [-0.15, -0.1) is 0 Å². The molecule has 16 heavy (non-hydrogen) atoms. The lowest BCUT2D eigenvalue weighted by Gasteiger charge is -2.26. The molecule has 1 N–H and O–H groups in total. The summed E-state index contributed by atoms with van der Waals surface area (Å²) >= 11 is 0. The molecule has 1 aliphatic heterocycles. The first-order valence-corrected chi connectivity index (χ1v) is 6.49. The normalized spacial score (nSPS) is 38.8. The van der Waals surface area contributed by atoms with Gasteiger partial charge in [0.15, 0.2) is 0 Å². The van der Waals surface area contributed by atoms with E-state index in [2.05, 4.69) is 26.1 Å². The zero-order valence-corrected chi connectivity index (χ0v) is 10.8. The molecule has 0 aromatic rings. The molecule has 0 bridgehead atoms. The standard InChI is InChI=1S/C13H25NO2/c1-10-6-13(2,3)7-12(10)14-8-11-9-15-4-5-16-11/h10-12,14H,4-9H2,1-3H3. The predicted octanol–water partition coefficient (Wildman–Crippen LogP) is 1.82. The fraction of sp³-hybridized carbons (Fsp3) is 1.00. The minimum atomic E-state index is 0.254. The molecule has 2 aliphatic rings. The highest BCUT2D eigenvalue weighted by Crippen LogP contribution is 2.40. The quantitative estimate of drug-likeness (QED) is 0.797. The second-order valence-corrected chi connectivity index (χ2v) is 6.13. The zero-order chi connectivity index (χ0) is 11.6. The Balaban J connectivity index is 1.73. The maximum Gasteiger partial charge on any atom is 0.0933 e. The predicted molar refractivity (Wildman–Crippen MR) is 64.5 cm³/mol. The third-order valence-electron chi connectivity index (χ3n) is 3.83. The molecule has 2 rings (SSSR count). The summed E-state index contributed by atoms with van der Waals surface area (Å²) in [5, 5.41) is 3.65. The van der Waals surface area contributed by atoms with Gasteiger partial charge in [0, 0.05) is 12.6 Å². The van der Waals surface area contributed by atoms with Crippen LogP contribution in [0.1, 0.15) is 33.6 Å². The summed E-state index contributed by atoms with van der Waals surface area (Å²) in [6.07, 6.45) is 2.86. The highest BCUT2D eigenvalue weighted by atomic mass is 16.6. The molecule has 1 heterocycles. The Morgan fingerprint density at radius 2 is 2.06 bits per heavy atom. The first kappa shape index (κ1) is 12.3. The summed E-state index contributed by atoms with van der Waals surface area (Å²) in [5.74, 6) is 0.777. The van der Waals surface area contributed by atoms with Gasteiger partial charge in [0.2, 0.25) is 0 Å². The largest absolute Gasteiger partial charge is 0.376 e. The molecule has 1 aliphatic carbocycles. The molecule has 0 amide bonds. The second-order valence-electron chi connectivity index (χ2n) is 6.13. The monoisotopic (exact) mass is 227 g/mol. The molecule has 3 nitrogen and oxygen atoms in total. The molecule has 1 saturated carbocycles. The van der Waals surface area contributed by atoms with Gasteiger partial charge in [0.05, 0.1) is 25.9 Å². The van der Waals surface area contributed by atoms with Gasteiger partial charge < -0.3 is 14.8 Å². The number of hydrogen-bond acceptors (Lipinski definition) is 3. The Labute approximate surface area is 98.9 Å². The van der Waals surface area contributed by atoms with Crippen LogP contribution in [0.15, 0.2) is 0 Å². The Hall–Kier alpha value is -0.120. The summed E-state index contributed by atoms with van der Waals surface area (Å²) in [6, 6.07) is 0.653. The summed E-state index contributed by atoms with van der Waals surface area (Å²) in [6.45, 7) is 10.3. The van der Waals surface area contributed by atoms with Crippen LogP contribution in [0.25, 0.3) is 0 Å². The third kappa shape index (κ3) is 3.19. The van der Waals surface area contributed by atoms with Crippen LogP contribution in [-0.4, -0.2) is 38.5 Å². The van der Waals surface area contributed by atoms with Crippen molar-refractivity contribution >= 4 is 0 Å². The number of nitrogens with one attached hydrogen (secondary N) is 1. The van der Waals surface area contributed by atoms with Crippen LogP contribution in [-0.2, 0) is 9.47 Å². The van der Waals surface area contributed by atoms with Crippen molar-refractivity contribution < 1.29 is 9.47 Å². The molecule has 3 atom stereocenters. The zero-order valence-electron chi connectivity index (χ0n) is 10.8. The van der Waals surface area contributed by atoms with Gasteiger partial charge in [-0.05, 0) is 24.2 Å². The van der Waals surface area contributed by atoms with Crippen molar-refractivity contribution in [2.24, 2.45) is 11.3 Å². The maximum absolute atomic E-state index is 5.64. The highest BCUT2D eigenvalue weighted by Gasteiger charge is 2.36. The van der Waals surface area contributed by atoms with E-state index >= 15 is 0 Å². The summed E-state index contributed by atoms with van der Waals surface area (Å²) in [7, 11) is 0. The summed E-state index contributed by atoms with van der Waals surface area (Å²) in [5.41, 5.74) is 0.501. The minimum absolute atomic E-state index is 0.254. The van der Waals surface area contributed by atoms with Crippen LogP contribution in [0.3, 0.4) is 0 Å². The molecule has 94 valence electrons. The Morgan fingerprint density at radius 1 is 1.25 bits per heavy atom. The molecule has 1 saturated heterocycles. The Kier molecular flexibility index (Phi) is 3.88. The smallest absolute Gasteiger partial charge is 0.0933 e. The topological polar surface area (TPSA) is 30.5 Å². The van der Waals surface area contributed by atoms with Crippen molar-refractivity contribution in [2.45, 2.75) is 45.8 Å². The van der Waals surface area contributed by atoms with Crippen LogP contribution in [0, 0.1) is 11.3 Å². The molecule has 0 radical (unpaired) electrons. The SMILES string of the molecule is CC1CC(C)(C)CC1NCC1COCCO1. The van der Waals surface area contributed by atoms with Crippen molar-refractivity contribution in [1.29, 1.82) is 0 Å². The van der Waals surface area contributed by atoms with Crippen molar-refractivity contribution in [3.63, 3.8) is 0 Å². The maximum atomic E-state index is 5.64. The van der Waals surface area contributed by atoms with Gasteiger partial charge in [0.1, 0.15) is 0 Å². The molecular weight excluding hydrogens is 202 g/mol. The lowest BCUT2D eigenvalue weighted by Crippen LogP contribution is -2.42. The van der Waals surface area contributed by atoms with E-state index in [0.29, 0.717) is 11.5 Å². The van der Waals surface area contributed by atoms with Gasteiger partial charge in [-0.2, -0.15) is 0 Å². The molecular formula is C13H25NO2. The average molecular weight is 227 g/mol. The lowest BCUT2D eigenvalue weighted by molar-refractivity contribution is -0.0873. The van der Waals surface area contributed by atoms with Crippen molar-refractivity contribution in [1.82, 2.24) is 5.32 Å². The van der Waals surface area contributed by atoms with E-state index in [-0.39, 0.29) is 6.10 Å². The van der Waals surface area contributed by atoms with Crippen LogP contribution in [0.5, 0.6) is 0 Å². The van der Waals surface area contributed by atoms with Gasteiger partial charge in [-0.1, -0.05) is 20.8 Å². The first-order valence-electron chi connectivity index (χ1n) is 6.49. The third-order valence-corrected chi connectivity index (χ3v) is 3.83. The van der Waals surface area contributed by atoms with Crippen LogP contribution in [0.4, 0.5) is 0 Å². The van der Waals surface area contributed by atoms with Crippen molar-refractivity contribution in [3.05, 3.63) is 0 Å². The van der Waals surface area contributed by atoms with Crippen molar-refractivity contribution in [3.8, 4) is 0 Å². The number of ether oxygens (including phenoxy) is 2. The molecule has 0 aromatic heterocycles. The number of rotatable bonds is 3. The molecule has 3 heteroatoms. The van der Waals surface area contributed by atoms with Crippen LogP contribution in [0.2, 0.25) is 0 Å². The fourth-order valence-electron chi connectivity index (χ4n) is 3.10. The van der Waals surface area contributed by atoms with E-state index < -0.39 is 0 Å². The van der Waals surface area contributed by atoms with Crippen LogP contribution < -0.4 is 5.32 Å². The van der Waals surface area contributed by atoms with Gasteiger partial charge in [0.25, 0.3) is 0 Å². The molecule has 2 fully saturated rings. The minimum Gasteiger partial charge on any atom is -0.376 e. The van der Waals surface area contributed by atoms with Gasteiger partial charge in [-0.25, -0.2) is 0 Å². The van der Waals surface area contributed by atoms with E-state index in [1.54, 1.807) is 0 Å². The second kappa shape index (κ2) is 5.03. The average Bonchev–Trinajstić information content (AvgIpc) is 2.50. The van der Waals surface area contributed by atoms with E-state index in [1.165, 1.54) is 12.8 Å². The van der Waals surface area contributed by atoms with E-state index in [0.717, 1.165) is 32.3 Å². The summed E-state index contributed by atoms with van der Waals surface area (Å²) in [4.78, 5) is 0. The molecule has 0 aromatic carbocycles. The number of hydrogen-bond donors (Lipinski definition) is 1. The fourth-order valence-corrected chi connectivity index (χ4v) is 3.10. The van der Waals surface area contributed by atoms with Crippen LogP contribution >= 0.6 is 0 Å². The van der Waals surface area contributed by atoms with E-state index in [9.17, 15) is 0 Å². The van der Waals surface area contributed by atoms with Crippen molar-refractivity contribution in [2.75, 3.05) is 26.4 Å². The van der Waals surface area contributed by atoms with Gasteiger partial charge >= 0.3 is 0 Å². The highest BCUT2D eigenvalue weighted by molar-refractivity contribution is 4.91.